The number of benzene rings is 1. The van der Waals surface area contributed by atoms with Crippen LogP contribution in [0, 0.1) is 12.7 Å². The Morgan fingerprint density at radius 3 is 2.73 bits per heavy atom. The largest absolute Gasteiger partial charge is 0.505 e. The van der Waals surface area contributed by atoms with Gasteiger partial charge in [0.25, 0.3) is 0 Å². The number of aromatic hydroxyl groups is 1. The third-order valence-corrected chi connectivity index (χ3v) is 2.31. The van der Waals surface area contributed by atoms with Gasteiger partial charge < -0.3 is 10.8 Å². The molecule has 1 atom stereocenters. The molecular formula is C12H16FNO. The van der Waals surface area contributed by atoms with Crippen LogP contribution in [0.2, 0.25) is 0 Å². The van der Waals surface area contributed by atoms with Crippen LogP contribution in [0.4, 0.5) is 4.39 Å². The van der Waals surface area contributed by atoms with Crippen molar-refractivity contribution in [3.05, 3.63) is 41.2 Å². The van der Waals surface area contributed by atoms with Crippen LogP contribution < -0.4 is 5.73 Å². The maximum atomic E-state index is 13.4. The van der Waals surface area contributed by atoms with Gasteiger partial charge in [-0.15, -0.1) is 6.58 Å². The molecule has 0 fully saturated rings. The van der Waals surface area contributed by atoms with E-state index < -0.39 is 11.9 Å². The summed E-state index contributed by atoms with van der Waals surface area (Å²) < 4.78 is 13.4. The average Bonchev–Trinajstić information content (AvgIpc) is 2.13. The molecule has 0 saturated heterocycles. The molecule has 0 amide bonds. The summed E-state index contributed by atoms with van der Waals surface area (Å²) in [6, 6.07) is 2.86. The van der Waals surface area contributed by atoms with E-state index in [1.54, 1.807) is 19.1 Å². The summed E-state index contributed by atoms with van der Waals surface area (Å²) in [5.74, 6) is -0.937. The molecule has 3 heteroatoms. The van der Waals surface area contributed by atoms with Gasteiger partial charge in [-0.1, -0.05) is 17.7 Å². The molecule has 1 aromatic carbocycles. The molecule has 2 nitrogen and oxygen atoms in total. The van der Waals surface area contributed by atoms with Crippen molar-refractivity contribution >= 4 is 0 Å². The number of hydrogen-bond donors (Lipinski definition) is 2. The molecule has 0 bridgehead atoms. The number of hydrogen-bond acceptors (Lipinski definition) is 2. The van der Waals surface area contributed by atoms with E-state index in [2.05, 4.69) is 6.58 Å². The highest BCUT2D eigenvalue weighted by Gasteiger charge is 2.15. The molecule has 0 aliphatic rings. The maximum absolute atomic E-state index is 13.4. The zero-order valence-corrected chi connectivity index (χ0v) is 9.05. The number of rotatable bonds is 3. The van der Waals surface area contributed by atoms with Gasteiger partial charge in [-0.05, 0) is 25.8 Å². The van der Waals surface area contributed by atoms with Crippen molar-refractivity contribution in [3.8, 4) is 5.75 Å². The third-order valence-electron chi connectivity index (χ3n) is 2.31. The molecule has 0 unspecified atom stereocenters. The highest BCUT2D eigenvalue weighted by Crippen LogP contribution is 2.30. The van der Waals surface area contributed by atoms with Gasteiger partial charge >= 0.3 is 0 Å². The summed E-state index contributed by atoms with van der Waals surface area (Å²) in [6.07, 6.45) is 0.538. The zero-order chi connectivity index (χ0) is 11.6. The molecule has 0 aliphatic heterocycles. The van der Waals surface area contributed by atoms with Gasteiger partial charge in [-0.25, -0.2) is 4.39 Å². The molecule has 0 aromatic heterocycles. The molecule has 3 N–H and O–H groups in total. The van der Waals surface area contributed by atoms with Crippen molar-refractivity contribution in [2.45, 2.75) is 26.3 Å². The van der Waals surface area contributed by atoms with Crippen molar-refractivity contribution < 1.29 is 9.50 Å². The maximum Gasteiger partial charge on any atom is 0.168 e. The molecule has 0 radical (unpaired) electrons. The summed E-state index contributed by atoms with van der Waals surface area (Å²) in [7, 11) is 0. The van der Waals surface area contributed by atoms with Gasteiger partial charge in [0.2, 0.25) is 0 Å². The van der Waals surface area contributed by atoms with Gasteiger partial charge in [-0.2, -0.15) is 0 Å². The summed E-state index contributed by atoms with van der Waals surface area (Å²) in [6.45, 7) is 7.18. The van der Waals surface area contributed by atoms with Crippen molar-refractivity contribution in [1.82, 2.24) is 0 Å². The second kappa shape index (κ2) is 4.45. The third kappa shape index (κ3) is 2.57. The number of nitrogens with two attached hydrogens (primary N) is 1. The van der Waals surface area contributed by atoms with Gasteiger partial charge in [0.05, 0.1) is 0 Å². The fourth-order valence-corrected chi connectivity index (χ4v) is 1.46. The molecule has 0 saturated carbocycles. The second-order valence-electron chi connectivity index (χ2n) is 3.90. The van der Waals surface area contributed by atoms with Crippen LogP contribution in [0.15, 0.2) is 24.3 Å². The summed E-state index contributed by atoms with van der Waals surface area (Å²) in [5, 5.41) is 9.58. The first-order chi connectivity index (χ1) is 6.93. The zero-order valence-electron chi connectivity index (χ0n) is 9.05. The summed E-state index contributed by atoms with van der Waals surface area (Å²) in [5.41, 5.74) is 7.58. The number of halogens is 1. The molecule has 0 aliphatic carbocycles. The fourth-order valence-electron chi connectivity index (χ4n) is 1.46. The standard InChI is InChI=1S/C12H16FNO/c1-7(2)6-10(14)9-5-4-8(3)11(13)12(9)15/h4-5,10,15H,1,6,14H2,2-3H3/t10-/m0/s1. The summed E-state index contributed by atoms with van der Waals surface area (Å²) in [4.78, 5) is 0. The van der Waals surface area contributed by atoms with E-state index in [1.807, 2.05) is 6.92 Å². The SMILES string of the molecule is C=C(C)C[C@H](N)c1ccc(C)c(F)c1O. The highest BCUT2D eigenvalue weighted by molar-refractivity contribution is 5.40. The Kier molecular flexibility index (Phi) is 3.48. The van der Waals surface area contributed by atoms with Crippen LogP contribution in [0.25, 0.3) is 0 Å². The highest BCUT2D eigenvalue weighted by atomic mass is 19.1. The van der Waals surface area contributed by atoms with E-state index in [9.17, 15) is 9.50 Å². The average molecular weight is 209 g/mol. The van der Waals surface area contributed by atoms with Crippen LogP contribution in [0.5, 0.6) is 5.75 Å². The lowest BCUT2D eigenvalue weighted by molar-refractivity contribution is 0.418. The van der Waals surface area contributed by atoms with Crippen LogP contribution in [-0.2, 0) is 0 Å². The predicted molar refractivity (Wildman–Crippen MR) is 59.2 cm³/mol. The lowest BCUT2D eigenvalue weighted by Crippen LogP contribution is -2.11. The van der Waals surface area contributed by atoms with Crippen molar-refractivity contribution in [2.24, 2.45) is 5.73 Å². The normalized spacial score (nSPS) is 12.5. The van der Waals surface area contributed by atoms with Gasteiger partial charge in [0.15, 0.2) is 11.6 Å². The first kappa shape index (κ1) is 11.7. The molecule has 0 heterocycles. The molecule has 1 aromatic rings. The van der Waals surface area contributed by atoms with Gasteiger partial charge in [0.1, 0.15) is 0 Å². The molecule has 15 heavy (non-hydrogen) atoms. The number of phenols is 1. The van der Waals surface area contributed by atoms with E-state index >= 15 is 0 Å². The summed E-state index contributed by atoms with van der Waals surface area (Å²) >= 11 is 0. The van der Waals surface area contributed by atoms with E-state index in [-0.39, 0.29) is 5.75 Å². The minimum Gasteiger partial charge on any atom is -0.505 e. The Balaban J connectivity index is 3.05. The Labute approximate surface area is 89.2 Å². The molecule has 82 valence electrons. The Hall–Kier alpha value is -1.35. The number of phenolic OH excluding ortho intramolecular Hbond substituents is 1. The second-order valence-corrected chi connectivity index (χ2v) is 3.90. The van der Waals surface area contributed by atoms with Crippen LogP contribution >= 0.6 is 0 Å². The van der Waals surface area contributed by atoms with E-state index in [4.69, 9.17) is 5.73 Å². The Morgan fingerprint density at radius 1 is 1.60 bits per heavy atom. The van der Waals surface area contributed by atoms with Crippen molar-refractivity contribution in [3.63, 3.8) is 0 Å². The van der Waals surface area contributed by atoms with Crippen LogP contribution in [0.3, 0.4) is 0 Å². The van der Waals surface area contributed by atoms with E-state index in [0.717, 1.165) is 5.57 Å². The van der Waals surface area contributed by atoms with E-state index in [0.29, 0.717) is 17.5 Å². The molecule has 1 rings (SSSR count). The molecular weight excluding hydrogens is 193 g/mol. The minimum absolute atomic E-state index is 0.344. The van der Waals surface area contributed by atoms with Crippen LogP contribution in [-0.4, -0.2) is 5.11 Å². The topological polar surface area (TPSA) is 46.2 Å². The first-order valence-electron chi connectivity index (χ1n) is 4.81. The van der Waals surface area contributed by atoms with Gasteiger partial charge in [-0.3, -0.25) is 0 Å². The first-order valence-corrected chi connectivity index (χ1v) is 4.81. The van der Waals surface area contributed by atoms with E-state index in [1.165, 1.54) is 0 Å². The lowest BCUT2D eigenvalue weighted by Gasteiger charge is -2.14. The van der Waals surface area contributed by atoms with Crippen molar-refractivity contribution in [1.29, 1.82) is 0 Å². The lowest BCUT2D eigenvalue weighted by atomic mass is 9.99. The minimum atomic E-state index is -0.593. The Morgan fingerprint density at radius 2 is 2.20 bits per heavy atom. The smallest absolute Gasteiger partial charge is 0.168 e. The van der Waals surface area contributed by atoms with Crippen molar-refractivity contribution in [2.75, 3.05) is 0 Å². The predicted octanol–water partition coefficient (Wildman–Crippen LogP) is 2.81. The van der Waals surface area contributed by atoms with Crippen LogP contribution in [0.1, 0.15) is 30.5 Å². The number of aryl methyl sites for hydroxylation is 1. The quantitative estimate of drug-likeness (QED) is 0.752. The fraction of sp³-hybridized carbons (Fsp3) is 0.333. The molecule has 0 spiro atoms. The Bertz CT molecular complexity index is 387. The monoisotopic (exact) mass is 209 g/mol. The van der Waals surface area contributed by atoms with Gasteiger partial charge in [0, 0.05) is 11.6 Å².